The highest BCUT2D eigenvalue weighted by Crippen LogP contribution is 2.14. The van der Waals surface area contributed by atoms with Crippen LogP contribution in [0.15, 0.2) is 48.5 Å². The van der Waals surface area contributed by atoms with Gasteiger partial charge >= 0.3 is 0 Å². The van der Waals surface area contributed by atoms with Crippen molar-refractivity contribution in [3.63, 3.8) is 0 Å². The number of nitriles is 1. The number of benzene rings is 2. The van der Waals surface area contributed by atoms with Gasteiger partial charge in [0.25, 0.3) is 0 Å². The minimum Gasteiger partial charge on any atom is -0.491 e. The van der Waals surface area contributed by atoms with Crippen LogP contribution in [-0.2, 0) is 6.54 Å². The highest BCUT2D eigenvalue weighted by atomic mass is 19.1. The van der Waals surface area contributed by atoms with Crippen molar-refractivity contribution < 1.29 is 14.2 Å². The molecule has 3 rings (SSSR count). The summed E-state index contributed by atoms with van der Waals surface area (Å²) in [7, 11) is 0. The molecule has 2 aromatic rings. The van der Waals surface area contributed by atoms with Crippen LogP contribution in [0, 0.1) is 17.1 Å². The Balaban J connectivity index is 1.42. The van der Waals surface area contributed by atoms with E-state index in [0.717, 1.165) is 38.2 Å². The molecule has 1 aliphatic rings. The lowest BCUT2D eigenvalue weighted by molar-refractivity contribution is 0.0692. The summed E-state index contributed by atoms with van der Waals surface area (Å²) in [6.07, 6.45) is 0.395. The molecular formula is C22H26FN3O2. The van der Waals surface area contributed by atoms with Gasteiger partial charge in [-0.1, -0.05) is 18.2 Å². The molecular weight excluding hydrogens is 357 g/mol. The summed E-state index contributed by atoms with van der Waals surface area (Å²) in [5.74, 6) is 0.490. The Morgan fingerprint density at radius 2 is 1.75 bits per heavy atom. The van der Waals surface area contributed by atoms with Crippen molar-refractivity contribution in [1.29, 1.82) is 5.26 Å². The second-order valence-electron chi connectivity index (χ2n) is 7.12. The quantitative estimate of drug-likeness (QED) is 0.797. The third-order valence-corrected chi connectivity index (χ3v) is 4.93. The van der Waals surface area contributed by atoms with Gasteiger partial charge in [-0.25, -0.2) is 4.39 Å². The van der Waals surface area contributed by atoms with Crippen molar-refractivity contribution in [2.75, 3.05) is 39.3 Å². The van der Waals surface area contributed by atoms with E-state index in [2.05, 4.69) is 15.9 Å². The standard InChI is InChI=1S/C22H26FN3O2/c23-22-5-2-1-4-19(22)15-25-10-3-11-26(13-12-25)16-20(27)17-28-21-8-6-18(14-24)7-9-21/h1-2,4-9,20,27H,3,10-13,15-17H2. The molecule has 0 amide bonds. The number of hydrogen-bond donors (Lipinski definition) is 1. The molecule has 1 fully saturated rings. The molecule has 1 unspecified atom stereocenters. The first-order valence-corrected chi connectivity index (χ1v) is 9.63. The van der Waals surface area contributed by atoms with E-state index >= 15 is 0 Å². The molecule has 1 atom stereocenters. The third-order valence-electron chi connectivity index (χ3n) is 4.93. The molecule has 0 radical (unpaired) electrons. The van der Waals surface area contributed by atoms with Crippen molar-refractivity contribution in [2.45, 2.75) is 19.1 Å². The van der Waals surface area contributed by atoms with Crippen molar-refractivity contribution in [2.24, 2.45) is 0 Å². The maximum Gasteiger partial charge on any atom is 0.127 e. The average molecular weight is 383 g/mol. The summed E-state index contributed by atoms with van der Waals surface area (Å²) in [5.41, 5.74) is 1.31. The van der Waals surface area contributed by atoms with Crippen molar-refractivity contribution in [1.82, 2.24) is 9.80 Å². The van der Waals surface area contributed by atoms with E-state index in [9.17, 15) is 9.50 Å². The Morgan fingerprint density at radius 3 is 2.50 bits per heavy atom. The highest BCUT2D eigenvalue weighted by molar-refractivity contribution is 5.34. The largest absolute Gasteiger partial charge is 0.491 e. The number of β-amino-alcohol motifs (C(OH)–C–C–N with tert-alkyl or cyclic N) is 1. The second kappa shape index (κ2) is 10.2. The molecule has 2 aromatic carbocycles. The van der Waals surface area contributed by atoms with Crippen LogP contribution >= 0.6 is 0 Å². The number of aliphatic hydroxyl groups is 1. The normalized spacial score (nSPS) is 16.9. The van der Waals surface area contributed by atoms with Gasteiger partial charge in [-0.3, -0.25) is 9.80 Å². The number of hydrogen-bond acceptors (Lipinski definition) is 5. The van der Waals surface area contributed by atoms with E-state index in [4.69, 9.17) is 10.00 Å². The number of rotatable bonds is 7. The first kappa shape index (κ1) is 20.3. The molecule has 0 spiro atoms. The summed E-state index contributed by atoms with van der Waals surface area (Å²) in [6, 6.07) is 15.8. The summed E-state index contributed by atoms with van der Waals surface area (Å²) < 4.78 is 19.5. The zero-order valence-electron chi connectivity index (χ0n) is 15.9. The van der Waals surface area contributed by atoms with Gasteiger partial charge in [0.2, 0.25) is 0 Å². The van der Waals surface area contributed by atoms with E-state index in [1.807, 2.05) is 12.1 Å². The van der Waals surface area contributed by atoms with Crippen LogP contribution < -0.4 is 4.74 Å². The molecule has 6 heteroatoms. The number of aliphatic hydroxyl groups excluding tert-OH is 1. The zero-order valence-corrected chi connectivity index (χ0v) is 15.9. The van der Waals surface area contributed by atoms with Crippen LogP contribution in [0.4, 0.5) is 4.39 Å². The second-order valence-corrected chi connectivity index (χ2v) is 7.12. The van der Waals surface area contributed by atoms with Crippen LogP contribution in [0.2, 0.25) is 0 Å². The molecule has 1 saturated heterocycles. The van der Waals surface area contributed by atoms with E-state index < -0.39 is 6.10 Å². The Bertz CT molecular complexity index is 791. The van der Waals surface area contributed by atoms with Crippen molar-refractivity contribution >= 4 is 0 Å². The number of nitrogens with zero attached hydrogens (tertiary/aromatic N) is 3. The van der Waals surface area contributed by atoms with Gasteiger partial charge in [-0.05, 0) is 49.8 Å². The lowest BCUT2D eigenvalue weighted by atomic mass is 10.2. The molecule has 5 nitrogen and oxygen atoms in total. The van der Waals surface area contributed by atoms with E-state index in [1.54, 1.807) is 30.3 Å². The van der Waals surface area contributed by atoms with Gasteiger partial charge in [0.1, 0.15) is 24.3 Å². The molecule has 148 valence electrons. The summed E-state index contributed by atoms with van der Waals surface area (Å²) in [6.45, 7) is 4.88. The Kier molecular flexibility index (Phi) is 7.38. The van der Waals surface area contributed by atoms with Crippen molar-refractivity contribution in [3.05, 3.63) is 65.5 Å². The molecule has 0 saturated carbocycles. The van der Waals surface area contributed by atoms with E-state index in [-0.39, 0.29) is 12.4 Å². The minimum atomic E-state index is -0.589. The lowest BCUT2D eigenvalue weighted by Gasteiger charge is -2.24. The minimum absolute atomic E-state index is 0.154. The van der Waals surface area contributed by atoms with Gasteiger partial charge in [-0.15, -0.1) is 0 Å². The third kappa shape index (κ3) is 6.03. The predicted octanol–water partition coefficient (Wildman–Crippen LogP) is 2.64. The van der Waals surface area contributed by atoms with Gasteiger partial charge in [0.15, 0.2) is 0 Å². The average Bonchev–Trinajstić information content (AvgIpc) is 2.93. The fourth-order valence-electron chi connectivity index (χ4n) is 3.40. The molecule has 1 aliphatic heterocycles. The number of halogens is 1. The van der Waals surface area contributed by atoms with Gasteiger partial charge in [-0.2, -0.15) is 5.26 Å². The van der Waals surface area contributed by atoms with Crippen LogP contribution in [0.5, 0.6) is 5.75 Å². The summed E-state index contributed by atoms with van der Waals surface area (Å²) in [5, 5.41) is 19.1. The summed E-state index contributed by atoms with van der Waals surface area (Å²) in [4.78, 5) is 4.49. The highest BCUT2D eigenvalue weighted by Gasteiger charge is 2.18. The maximum atomic E-state index is 13.9. The topological polar surface area (TPSA) is 59.7 Å². The van der Waals surface area contributed by atoms with Crippen LogP contribution in [0.25, 0.3) is 0 Å². The summed E-state index contributed by atoms with van der Waals surface area (Å²) >= 11 is 0. The Hall–Kier alpha value is -2.46. The van der Waals surface area contributed by atoms with Gasteiger partial charge < -0.3 is 9.84 Å². The molecule has 28 heavy (non-hydrogen) atoms. The zero-order chi connectivity index (χ0) is 19.8. The van der Waals surface area contributed by atoms with E-state index in [0.29, 0.717) is 24.4 Å². The smallest absolute Gasteiger partial charge is 0.127 e. The van der Waals surface area contributed by atoms with Crippen LogP contribution in [-0.4, -0.2) is 60.3 Å². The molecule has 0 bridgehead atoms. The van der Waals surface area contributed by atoms with Crippen LogP contribution in [0.1, 0.15) is 17.5 Å². The fourth-order valence-corrected chi connectivity index (χ4v) is 3.40. The first-order valence-electron chi connectivity index (χ1n) is 9.63. The van der Waals surface area contributed by atoms with Crippen LogP contribution in [0.3, 0.4) is 0 Å². The molecule has 1 heterocycles. The number of ether oxygens (including phenoxy) is 1. The Morgan fingerprint density at radius 1 is 1.04 bits per heavy atom. The lowest BCUT2D eigenvalue weighted by Crippen LogP contribution is -2.38. The maximum absolute atomic E-state index is 13.9. The first-order chi connectivity index (χ1) is 13.6. The predicted molar refractivity (Wildman–Crippen MR) is 105 cm³/mol. The van der Waals surface area contributed by atoms with Crippen molar-refractivity contribution in [3.8, 4) is 11.8 Å². The molecule has 0 aliphatic carbocycles. The van der Waals surface area contributed by atoms with Gasteiger partial charge in [0, 0.05) is 31.7 Å². The van der Waals surface area contributed by atoms with E-state index in [1.165, 1.54) is 6.07 Å². The van der Waals surface area contributed by atoms with Gasteiger partial charge in [0.05, 0.1) is 11.6 Å². The molecule has 1 N–H and O–H groups in total. The molecule has 0 aromatic heterocycles. The monoisotopic (exact) mass is 383 g/mol. The SMILES string of the molecule is N#Cc1ccc(OCC(O)CN2CCCN(Cc3ccccc3F)CC2)cc1. The Labute approximate surface area is 165 Å². The fraction of sp³-hybridized carbons (Fsp3) is 0.409.